The molecule has 1 N–H and O–H groups in total. The van der Waals surface area contributed by atoms with Gasteiger partial charge in [0.05, 0.1) is 42.7 Å². The van der Waals surface area contributed by atoms with Crippen molar-refractivity contribution >= 4 is 22.5 Å². The number of nitriles is 1. The molecule has 7 heteroatoms. The van der Waals surface area contributed by atoms with E-state index in [-0.39, 0.29) is 12.5 Å². The fourth-order valence-electron chi connectivity index (χ4n) is 4.92. The Labute approximate surface area is 215 Å². The van der Waals surface area contributed by atoms with Gasteiger partial charge in [0.15, 0.2) is 0 Å². The van der Waals surface area contributed by atoms with E-state index in [1.165, 1.54) is 12.1 Å². The van der Waals surface area contributed by atoms with Gasteiger partial charge in [-0.15, -0.1) is 0 Å². The van der Waals surface area contributed by atoms with E-state index in [4.69, 9.17) is 9.72 Å². The number of ether oxygens (including phenoxy) is 1. The molecule has 1 saturated heterocycles. The van der Waals surface area contributed by atoms with Crippen LogP contribution in [0.3, 0.4) is 0 Å². The van der Waals surface area contributed by atoms with E-state index in [9.17, 15) is 10.1 Å². The monoisotopic (exact) mass is 489 g/mol. The standard InChI is InChI=1S/C30H27N5O2/c1-30(18-31)19-37-17-23-7-6-21(13-26(23)30)29(36)33-16-24-14-28-22(15-32-24)8-9-27(34-28)20-4-2-5-25(12-20)35-10-3-11-35/h2,4-9,12-15H,3,10-11,16-17,19H2,1H3,(H,33,36)/t30-/m1/s1. The third kappa shape index (κ3) is 4.41. The Bertz CT molecular complexity index is 1560. The minimum atomic E-state index is -0.762. The van der Waals surface area contributed by atoms with Crippen LogP contribution in [0.2, 0.25) is 0 Å². The largest absolute Gasteiger partial charge is 0.375 e. The third-order valence-electron chi connectivity index (χ3n) is 7.28. The van der Waals surface area contributed by atoms with Crippen LogP contribution < -0.4 is 10.2 Å². The molecule has 7 nitrogen and oxygen atoms in total. The molecule has 0 unspecified atom stereocenters. The molecule has 2 aliphatic rings. The molecule has 0 spiro atoms. The Morgan fingerprint density at radius 1 is 1.16 bits per heavy atom. The van der Waals surface area contributed by atoms with Crippen LogP contribution in [0.4, 0.5) is 5.69 Å². The minimum absolute atomic E-state index is 0.207. The average molecular weight is 490 g/mol. The fraction of sp³-hybridized carbons (Fsp3) is 0.267. The van der Waals surface area contributed by atoms with Crippen LogP contribution in [0.15, 0.2) is 66.9 Å². The second-order valence-electron chi connectivity index (χ2n) is 9.95. The number of fused-ring (bicyclic) bond motifs is 2. The Morgan fingerprint density at radius 2 is 2.05 bits per heavy atom. The summed E-state index contributed by atoms with van der Waals surface area (Å²) in [5.41, 5.74) is 6.35. The van der Waals surface area contributed by atoms with E-state index in [0.717, 1.165) is 52.1 Å². The van der Waals surface area contributed by atoms with Crippen molar-refractivity contribution in [3.63, 3.8) is 0 Å². The summed E-state index contributed by atoms with van der Waals surface area (Å²) in [6, 6.07) is 22.3. The molecule has 37 heavy (non-hydrogen) atoms. The van der Waals surface area contributed by atoms with Crippen molar-refractivity contribution in [2.45, 2.75) is 31.9 Å². The van der Waals surface area contributed by atoms with E-state index in [1.54, 1.807) is 12.3 Å². The van der Waals surface area contributed by atoms with Crippen molar-refractivity contribution in [1.29, 1.82) is 5.26 Å². The SMILES string of the molecule is C[C@@]1(C#N)COCc2ccc(C(=O)NCc3cc4nc(-c5cccc(N6CCC6)c5)ccc4cn3)cc21. The van der Waals surface area contributed by atoms with Gasteiger partial charge in [-0.25, -0.2) is 4.98 Å². The minimum Gasteiger partial charge on any atom is -0.375 e. The average Bonchev–Trinajstić information content (AvgIpc) is 2.90. The number of nitrogens with zero attached hydrogens (tertiary/aromatic N) is 4. The number of pyridine rings is 2. The molecule has 0 saturated carbocycles. The lowest BCUT2D eigenvalue weighted by atomic mass is 9.79. The second kappa shape index (κ2) is 9.30. The highest BCUT2D eigenvalue weighted by molar-refractivity contribution is 5.94. The zero-order chi connectivity index (χ0) is 25.4. The smallest absolute Gasteiger partial charge is 0.251 e. The van der Waals surface area contributed by atoms with Crippen molar-refractivity contribution < 1.29 is 9.53 Å². The Kier molecular flexibility index (Phi) is 5.82. The van der Waals surface area contributed by atoms with Crippen LogP contribution in [-0.2, 0) is 23.3 Å². The highest BCUT2D eigenvalue weighted by Gasteiger charge is 2.33. The van der Waals surface area contributed by atoms with Crippen LogP contribution in [-0.4, -0.2) is 35.6 Å². The van der Waals surface area contributed by atoms with Crippen molar-refractivity contribution in [2.24, 2.45) is 0 Å². The summed E-state index contributed by atoms with van der Waals surface area (Å²) in [5.74, 6) is -0.207. The molecular formula is C30H27N5O2. The third-order valence-corrected chi connectivity index (χ3v) is 7.28. The summed E-state index contributed by atoms with van der Waals surface area (Å²) < 4.78 is 5.56. The van der Waals surface area contributed by atoms with E-state index in [2.05, 4.69) is 45.5 Å². The molecule has 2 aromatic heterocycles. The van der Waals surface area contributed by atoms with Gasteiger partial charge >= 0.3 is 0 Å². The van der Waals surface area contributed by atoms with Gasteiger partial charge in [0.25, 0.3) is 5.91 Å². The quantitative estimate of drug-likeness (QED) is 0.435. The van der Waals surface area contributed by atoms with Crippen molar-refractivity contribution in [2.75, 3.05) is 24.6 Å². The second-order valence-corrected chi connectivity index (χ2v) is 9.95. The number of rotatable bonds is 5. The van der Waals surface area contributed by atoms with Gasteiger partial charge in [-0.05, 0) is 66.9 Å². The molecule has 0 aliphatic carbocycles. The van der Waals surface area contributed by atoms with Gasteiger partial charge in [0.2, 0.25) is 0 Å². The number of amides is 1. The van der Waals surface area contributed by atoms with Crippen molar-refractivity contribution in [1.82, 2.24) is 15.3 Å². The molecule has 4 aromatic rings. The fourth-order valence-corrected chi connectivity index (χ4v) is 4.92. The Morgan fingerprint density at radius 3 is 2.86 bits per heavy atom. The molecule has 4 heterocycles. The molecular weight excluding hydrogens is 462 g/mol. The lowest BCUT2D eigenvalue weighted by molar-refractivity contribution is 0.0757. The number of carbonyl (C=O) groups is 1. The summed E-state index contributed by atoms with van der Waals surface area (Å²) in [7, 11) is 0. The maximum absolute atomic E-state index is 12.9. The van der Waals surface area contributed by atoms with Gasteiger partial charge in [0.1, 0.15) is 5.41 Å². The first kappa shape index (κ1) is 23.1. The van der Waals surface area contributed by atoms with Crippen LogP contribution in [0.5, 0.6) is 0 Å². The summed E-state index contributed by atoms with van der Waals surface area (Å²) >= 11 is 0. The first-order valence-corrected chi connectivity index (χ1v) is 12.5. The number of hydrogen-bond donors (Lipinski definition) is 1. The molecule has 184 valence electrons. The van der Waals surface area contributed by atoms with Gasteiger partial charge in [-0.2, -0.15) is 5.26 Å². The molecule has 1 atom stereocenters. The zero-order valence-corrected chi connectivity index (χ0v) is 20.7. The van der Waals surface area contributed by atoms with Crippen molar-refractivity contribution in [3.05, 3.63) is 89.2 Å². The Hall–Kier alpha value is -4.28. The van der Waals surface area contributed by atoms with E-state index in [1.807, 2.05) is 37.3 Å². The number of aromatic nitrogens is 2. The molecule has 2 aromatic carbocycles. The van der Waals surface area contributed by atoms with E-state index < -0.39 is 5.41 Å². The first-order valence-electron chi connectivity index (χ1n) is 12.5. The summed E-state index contributed by atoms with van der Waals surface area (Å²) in [5, 5.41) is 13.6. The first-order chi connectivity index (χ1) is 18.0. The summed E-state index contributed by atoms with van der Waals surface area (Å²) in [4.78, 5) is 24.7. The zero-order valence-electron chi connectivity index (χ0n) is 20.7. The molecule has 0 radical (unpaired) electrons. The Balaban J connectivity index is 1.20. The summed E-state index contributed by atoms with van der Waals surface area (Å²) in [6.07, 6.45) is 3.03. The topological polar surface area (TPSA) is 91.1 Å². The maximum atomic E-state index is 12.9. The molecule has 1 amide bonds. The number of hydrogen-bond acceptors (Lipinski definition) is 6. The maximum Gasteiger partial charge on any atom is 0.251 e. The van der Waals surface area contributed by atoms with Crippen LogP contribution >= 0.6 is 0 Å². The normalized spacial score (nSPS) is 18.5. The predicted molar refractivity (Wildman–Crippen MR) is 142 cm³/mol. The number of nitrogens with one attached hydrogen (secondary N) is 1. The summed E-state index contributed by atoms with van der Waals surface area (Å²) in [6.45, 7) is 5.10. The lowest BCUT2D eigenvalue weighted by Crippen LogP contribution is -2.36. The van der Waals surface area contributed by atoms with Gasteiger partial charge in [0, 0.05) is 41.5 Å². The molecule has 0 bridgehead atoms. The van der Waals surface area contributed by atoms with Crippen LogP contribution in [0.25, 0.3) is 22.2 Å². The van der Waals surface area contributed by atoms with Crippen LogP contribution in [0, 0.1) is 11.3 Å². The van der Waals surface area contributed by atoms with Gasteiger partial charge in [-0.3, -0.25) is 9.78 Å². The highest BCUT2D eigenvalue weighted by Crippen LogP contribution is 2.32. The molecule has 1 fully saturated rings. The highest BCUT2D eigenvalue weighted by atomic mass is 16.5. The number of carbonyl (C=O) groups excluding carboxylic acids is 1. The molecule has 2 aliphatic heterocycles. The number of anilines is 1. The molecule has 6 rings (SSSR count). The lowest BCUT2D eigenvalue weighted by Gasteiger charge is -2.33. The van der Waals surface area contributed by atoms with Crippen molar-refractivity contribution in [3.8, 4) is 17.3 Å². The van der Waals surface area contributed by atoms with Gasteiger partial charge in [-0.1, -0.05) is 18.2 Å². The predicted octanol–water partition coefficient (Wildman–Crippen LogP) is 4.75. The number of benzene rings is 2. The van der Waals surface area contributed by atoms with E-state index >= 15 is 0 Å². The van der Waals surface area contributed by atoms with E-state index in [0.29, 0.717) is 18.8 Å². The van der Waals surface area contributed by atoms with Gasteiger partial charge < -0.3 is 15.0 Å². The van der Waals surface area contributed by atoms with Crippen LogP contribution in [0.1, 0.15) is 40.5 Å².